The van der Waals surface area contributed by atoms with Gasteiger partial charge < -0.3 is 4.90 Å². The maximum atomic E-state index is 12.8. The Labute approximate surface area is 147 Å². The Morgan fingerprint density at radius 3 is 2.84 bits per heavy atom. The van der Waals surface area contributed by atoms with Crippen LogP contribution in [0.3, 0.4) is 0 Å². The van der Waals surface area contributed by atoms with Gasteiger partial charge in [-0.2, -0.15) is 0 Å². The van der Waals surface area contributed by atoms with E-state index >= 15 is 0 Å². The van der Waals surface area contributed by atoms with Gasteiger partial charge in [0.15, 0.2) is 0 Å². The minimum absolute atomic E-state index is 0.00978. The number of hydrogen-bond donors (Lipinski definition) is 0. The molecule has 0 N–H and O–H groups in total. The third kappa shape index (κ3) is 3.70. The smallest absolute Gasteiger partial charge is 0.272 e. The van der Waals surface area contributed by atoms with Gasteiger partial charge in [0.25, 0.3) is 5.91 Å². The minimum atomic E-state index is 0.00978. The molecule has 0 radical (unpaired) electrons. The predicted octanol–water partition coefficient (Wildman–Crippen LogP) is 2.11. The number of nitrogens with zero attached hydrogens (tertiary/aromatic N) is 6. The van der Waals surface area contributed by atoms with E-state index in [0.717, 1.165) is 43.9 Å². The van der Waals surface area contributed by atoms with Gasteiger partial charge in [-0.15, -0.1) is 5.10 Å². The van der Waals surface area contributed by atoms with Crippen LogP contribution in [0.4, 0.5) is 0 Å². The summed E-state index contributed by atoms with van der Waals surface area (Å²) in [6.07, 6.45) is 6.69. The summed E-state index contributed by atoms with van der Waals surface area (Å²) in [6.45, 7) is 6.09. The SMILES string of the molecule is Cc1cc(C(=O)N2CCC[C@H](Cn3cc(C4CC4)nn3)C2)nc(C)n1. The lowest BCUT2D eigenvalue weighted by Gasteiger charge is -2.32. The second kappa shape index (κ2) is 6.54. The number of hydrogen-bond acceptors (Lipinski definition) is 5. The molecule has 1 saturated heterocycles. The number of rotatable bonds is 4. The van der Waals surface area contributed by atoms with Crippen LogP contribution in [0.15, 0.2) is 12.3 Å². The van der Waals surface area contributed by atoms with Crippen LogP contribution in [0.2, 0.25) is 0 Å². The van der Waals surface area contributed by atoms with Crippen LogP contribution in [-0.2, 0) is 6.54 Å². The molecule has 1 amide bonds. The Kier molecular flexibility index (Phi) is 4.23. The molecular formula is C18H24N6O. The van der Waals surface area contributed by atoms with Crippen molar-refractivity contribution in [2.24, 2.45) is 5.92 Å². The van der Waals surface area contributed by atoms with Crippen LogP contribution in [0.5, 0.6) is 0 Å². The fourth-order valence-corrected chi connectivity index (χ4v) is 3.62. The maximum Gasteiger partial charge on any atom is 0.272 e. The standard InChI is InChI=1S/C18H24N6O/c1-12-8-16(20-13(2)19-12)18(25)23-7-3-4-14(9-23)10-24-11-17(21-22-24)15-5-6-15/h8,11,14-15H,3-7,9-10H2,1-2H3/t14-/m0/s1. The summed E-state index contributed by atoms with van der Waals surface area (Å²) in [5.41, 5.74) is 2.46. The van der Waals surface area contributed by atoms with E-state index in [2.05, 4.69) is 26.5 Å². The van der Waals surface area contributed by atoms with Crippen LogP contribution in [-0.4, -0.2) is 48.9 Å². The van der Waals surface area contributed by atoms with Crippen molar-refractivity contribution in [1.82, 2.24) is 29.9 Å². The largest absolute Gasteiger partial charge is 0.337 e. The van der Waals surface area contributed by atoms with Crippen molar-refractivity contribution in [2.75, 3.05) is 13.1 Å². The summed E-state index contributed by atoms with van der Waals surface area (Å²) in [5.74, 6) is 1.70. The second-order valence-corrected chi connectivity index (χ2v) is 7.34. The Morgan fingerprint density at radius 2 is 2.08 bits per heavy atom. The van der Waals surface area contributed by atoms with Gasteiger partial charge in [-0.3, -0.25) is 9.48 Å². The van der Waals surface area contributed by atoms with Gasteiger partial charge in [0.05, 0.1) is 5.69 Å². The van der Waals surface area contributed by atoms with Gasteiger partial charge in [0, 0.05) is 37.4 Å². The van der Waals surface area contributed by atoms with Crippen molar-refractivity contribution in [3.63, 3.8) is 0 Å². The lowest BCUT2D eigenvalue weighted by Crippen LogP contribution is -2.41. The van der Waals surface area contributed by atoms with Crippen LogP contribution in [0.25, 0.3) is 0 Å². The van der Waals surface area contributed by atoms with Gasteiger partial charge in [0.1, 0.15) is 11.5 Å². The van der Waals surface area contributed by atoms with E-state index in [9.17, 15) is 4.79 Å². The molecule has 0 bridgehead atoms. The quantitative estimate of drug-likeness (QED) is 0.852. The predicted molar refractivity (Wildman–Crippen MR) is 92.1 cm³/mol. The van der Waals surface area contributed by atoms with Crippen LogP contribution in [0.1, 0.15) is 59.3 Å². The average Bonchev–Trinajstić information content (AvgIpc) is 3.34. The first-order valence-corrected chi connectivity index (χ1v) is 9.10. The van der Waals surface area contributed by atoms with E-state index in [1.165, 1.54) is 12.8 Å². The van der Waals surface area contributed by atoms with Crippen molar-refractivity contribution in [3.05, 3.63) is 35.2 Å². The van der Waals surface area contributed by atoms with Crippen molar-refractivity contribution >= 4 is 5.91 Å². The molecule has 7 heteroatoms. The van der Waals surface area contributed by atoms with Crippen LogP contribution >= 0.6 is 0 Å². The summed E-state index contributed by atoms with van der Waals surface area (Å²) >= 11 is 0. The molecule has 1 aliphatic carbocycles. The number of carbonyl (C=O) groups excluding carboxylic acids is 1. The minimum Gasteiger partial charge on any atom is -0.337 e. The van der Waals surface area contributed by atoms with Gasteiger partial charge in [-0.05, 0) is 51.5 Å². The molecular weight excluding hydrogens is 316 g/mol. The fraction of sp³-hybridized carbons (Fsp3) is 0.611. The molecule has 3 heterocycles. The van der Waals surface area contributed by atoms with Gasteiger partial charge in [-0.1, -0.05) is 5.21 Å². The summed E-state index contributed by atoms with van der Waals surface area (Å²) in [5, 5.41) is 8.55. The molecule has 1 atom stereocenters. The lowest BCUT2D eigenvalue weighted by atomic mass is 9.97. The number of aromatic nitrogens is 5. The first kappa shape index (κ1) is 16.2. The number of aryl methyl sites for hydroxylation is 2. The van der Waals surface area contributed by atoms with E-state index in [1.807, 2.05) is 23.4 Å². The van der Waals surface area contributed by atoms with E-state index in [0.29, 0.717) is 23.4 Å². The zero-order valence-corrected chi connectivity index (χ0v) is 14.9. The van der Waals surface area contributed by atoms with E-state index in [4.69, 9.17) is 0 Å². The lowest BCUT2D eigenvalue weighted by molar-refractivity contribution is 0.0652. The Hall–Kier alpha value is -2.31. The zero-order chi connectivity index (χ0) is 17.4. The van der Waals surface area contributed by atoms with Crippen molar-refractivity contribution in [3.8, 4) is 0 Å². The maximum absolute atomic E-state index is 12.8. The van der Waals surface area contributed by atoms with Crippen LogP contribution < -0.4 is 0 Å². The van der Waals surface area contributed by atoms with Crippen molar-refractivity contribution in [1.29, 1.82) is 0 Å². The molecule has 25 heavy (non-hydrogen) atoms. The highest BCUT2D eigenvalue weighted by Gasteiger charge is 2.28. The van der Waals surface area contributed by atoms with E-state index in [-0.39, 0.29) is 5.91 Å². The Morgan fingerprint density at radius 1 is 1.24 bits per heavy atom. The molecule has 2 fully saturated rings. The molecule has 2 aliphatic rings. The molecule has 4 rings (SSSR count). The molecule has 0 aromatic carbocycles. The molecule has 7 nitrogen and oxygen atoms in total. The zero-order valence-electron chi connectivity index (χ0n) is 14.9. The van der Waals surface area contributed by atoms with E-state index in [1.54, 1.807) is 6.07 Å². The third-order valence-corrected chi connectivity index (χ3v) is 4.99. The van der Waals surface area contributed by atoms with Gasteiger partial charge in [0.2, 0.25) is 0 Å². The number of likely N-dealkylation sites (tertiary alicyclic amines) is 1. The summed E-state index contributed by atoms with van der Waals surface area (Å²) in [7, 11) is 0. The van der Waals surface area contributed by atoms with Gasteiger partial charge >= 0.3 is 0 Å². The van der Waals surface area contributed by atoms with Gasteiger partial charge in [-0.25, -0.2) is 9.97 Å². The van der Waals surface area contributed by atoms with Crippen molar-refractivity contribution < 1.29 is 4.79 Å². The first-order valence-electron chi connectivity index (χ1n) is 9.10. The van der Waals surface area contributed by atoms with E-state index < -0.39 is 0 Å². The summed E-state index contributed by atoms with van der Waals surface area (Å²) in [4.78, 5) is 23.3. The first-order chi connectivity index (χ1) is 12.1. The highest BCUT2D eigenvalue weighted by molar-refractivity contribution is 5.92. The molecule has 2 aromatic rings. The molecule has 1 aliphatic heterocycles. The highest BCUT2D eigenvalue weighted by Crippen LogP contribution is 2.38. The normalized spacial score (nSPS) is 20.7. The fourth-order valence-electron chi connectivity index (χ4n) is 3.62. The third-order valence-electron chi connectivity index (χ3n) is 4.99. The highest BCUT2D eigenvalue weighted by atomic mass is 16.2. The Balaban J connectivity index is 1.41. The number of carbonyl (C=O) groups is 1. The second-order valence-electron chi connectivity index (χ2n) is 7.34. The average molecular weight is 340 g/mol. The summed E-state index contributed by atoms with van der Waals surface area (Å²) < 4.78 is 1.95. The monoisotopic (exact) mass is 340 g/mol. The number of amides is 1. The molecule has 0 spiro atoms. The molecule has 0 unspecified atom stereocenters. The van der Waals surface area contributed by atoms with Crippen LogP contribution in [0, 0.1) is 19.8 Å². The molecule has 1 saturated carbocycles. The molecule has 2 aromatic heterocycles. The summed E-state index contributed by atoms with van der Waals surface area (Å²) in [6, 6.07) is 1.78. The topological polar surface area (TPSA) is 76.8 Å². The molecule has 132 valence electrons. The number of piperidine rings is 1. The Bertz CT molecular complexity index is 761. The van der Waals surface area contributed by atoms with Crippen molar-refractivity contribution in [2.45, 2.75) is 52.0 Å².